The molecule has 0 spiro atoms. The van der Waals surface area contributed by atoms with E-state index in [9.17, 15) is 0 Å². The number of nitrogens with one attached hydrogen (secondary N) is 1. The normalized spacial score (nSPS) is 15.2. The Morgan fingerprint density at radius 1 is 1.53 bits per heavy atom. The molecular formula is C11H19ClN2S. The lowest BCUT2D eigenvalue weighted by molar-refractivity contribution is 0.397. The van der Waals surface area contributed by atoms with Crippen molar-refractivity contribution in [2.75, 3.05) is 6.54 Å². The van der Waals surface area contributed by atoms with Gasteiger partial charge in [-0.3, -0.25) is 0 Å². The molecule has 2 nitrogen and oxygen atoms in total. The first-order chi connectivity index (χ1) is 7.03. The first kappa shape index (κ1) is 13.0. The zero-order valence-corrected chi connectivity index (χ0v) is 10.9. The molecule has 0 fully saturated rings. The van der Waals surface area contributed by atoms with Crippen molar-refractivity contribution in [3.63, 3.8) is 0 Å². The summed E-state index contributed by atoms with van der Waals surface area (Å²) in [7, 11) is 0. The second kappa shape index (κ2) is 5.85. The zero-order valence-electron chi connectivity index (χ0n) is 9.35. The number of hydrogen-bond donors (Lipinski definition) is 2. The molecule has 0 amide bonds. The molecule has 0 aliphatic carbocycles. The summed E-state index contributed by atoms with van der Waals surface area (Å²) in [5.74, 6) is 0. The highest BCUT2D eigenvalue weighted by Crippen LogP contribution is 2.21. The van der Waals surface area contributed by atoms with Crippen LogP contribution in [0.5, 0.6) is 0 Å². The van der Waals surface area contributed by atoms with Gasteiger partial charge < -0.3 is 11.1 Å². The largest absolute Gasteiger partial charge is 0.324 e. The Bertz CT molecular complexity index is 297. The minimum atomic E-state index is -0.101. The fourth-order valence-electron chi connectivity index (χ4n) is 1.58. The molecule has 0 aliphatic rings. The monoisotopic (exact) mass is 246 g/mol. The zero-order chi connectivity index (χ0) is 11.3. The fourth-order valence-corrected chi connectivity index (χ4v) is 2.63. The van der Waals surface area contributed by atoms with E-state index in [-0.39, 0.29) is 5.54 Å². The fraction of sp³-hybridized carbons (Fsp3) is 0.636. The van der Waals surface area contributed by atoms with E-state index in [1.165, 1.54) is 4.88 Å². The van der Waals surface area contributed by atoms with Crippen LogP contribution in [0.4, 0.5) is 0 Å². The van der Waals surface area contributed by atoms with E-state index < -0.39 is 0 Å². The van der Waals surface area contributed by atoms with Crippen molar-refractivity contribution in [3.05, 3.63) is 21.3 Å². The standard InChI is InChI=1S/C11H19ClN2S/c1-3-6-11(2,13)8-14-7-9-4-5-10(12)15-9/h4-5,14H,3,6-8,13H2,1-2H3. The Balaban J connectivity index is 2.27. The van der Waals surface area contributed by atoms with Gasteiger partial charge in [0, 0.05) is 23.5 Å². The number of nitrogens with two attached hydrogens (primary N) is 1. The summed E-state index contributed by atoms with van der Waals surface area (Å²) >= 11 is 7.46. The summed E-state index contributed by atoms with van der Waals surface area (Å²) in [6.45, 7) is 5.94. The number of halogens is 1. The van der Waals surface area contributed by atoms with Gasteiger partial charge in [0.1, 0.15) is 0 Å². The van der Waals surface area contributed by atoms with Crippen LogP contribution in [-0.2, 0) is 6.54 Å². The van der Waals surface area contributed by atoms with Gasteiger partial charge in [-0.05, 0) is 25.5 Å². The minimum absolute atomic E-state index is 0.101. The maximum Gasteiger partial charge on any atom is 0.0931 e. The van der Waals surface area contributed by atoms with Crippen LogP contribution in [0.2, 0.25) is 4.34 Å². The lowest BCUT2D eigenvalue weighted by atomic mass is 9.98. The summed E-state index contributed by atoms with van der Waals surface area (Å²) in [5, 5.41) is 3.37. The maximum absolute atomic E-state index is 6.11. The third kappa shape index (κ3) is 4.98. The van der Waals surface area contributed by atoms with Crippen molar-refractivity contribution < 1.29 is 0 Å². The van der Waals surface area contributed by atoms with E-state index in [0.717, 1.165) is 30.3 Å². The molecule has 1 aromatic heterocycles. The predicted octanol–water partition coefficient (Wildman–Crippen LogP) is 3.01. The van der Waals surface area contributed by atoms with Crippen LogP contribution in [0.3, 0.4) is 0 Å². The van der Waals surface area contributed by atoms with Crippen molar-refractivity contribution >= 4 is 22.9 Å². The second-order valence-corrected chi connectivity index (χ2v) is 6.01. The molecule has 0 aliphatic heterocycles. The number of thiophene rings is 1. The Hall–Kier alpha value is -0.0900. The van der Waals surface area contributed by atoms with Crippen LogP contribution in [0.15, 0.2) is 12.1 Å². The first-order valence-electron chi connectivity index (χ1n) is 5.27. The second-order valence-electron chi connectivity index (χ2n) is 4.21. The van der Waals surface area contributed by atoms with Crippen LogP contribution < -0.4 is 11.1 Å². The van der Waals surface area contributed by atoms with Crippen molar-refractivity contribution in [2.45, 2.75) is 38.8 Å². The van der Waals surface area contributed by atoms with Gasteiger partial charge in [0.05, 0.1) is 4.34 Å². The number of hydrogen-bond acceptors (Lipinski definition) is 3. The molecule has 0 aromatic carbocycles. The highest BCUT2D eigenvalue weighted by Gasteiger charge is 2.16. The quantitative estimate of drug-likeness (QED) is 0.810. The van der Waals surface area contributed by atoms with Gasteiger partial charge in [-0.25, -0.2) is 0 Å². The Kier molecular flexibility index (Phi) is 5.06. The lowest BCUT2D eigenvalue weighted by Gasteiger charge is -2.24. The highest BCUT2D eigenvalue weighted by molar-refractivity contribution is 7.16. The molecule has 0 saturated carbocycles. The van der Waals surface area contributed by atoms with Crippen LogP contribution in [0, 0.1) is 0 Å². The summed E-state index contributed by atoms with van der Waals surface area (Å²) < 4.78 is 0.843. The highest BCUT2D eigenvalue weighted by atomic mass is 35.5. The van der Waals surface area contributed by atoms with Gasteiger partial charge in [-0.1, -0.05) is 24.9 Å². The van der Waals surface area contributed by atoms with Gasteiger partial charge in [0.2, 0.25) is 0 Å². The summed E-state index contributed by atoms with van der Waals surface area (Å²) in [4.78, 5) is 1.26. The Morgan fingerprint density at radius 2 is 2.27 bits per heavy atom. The van der Waals surface area contributed by atoms with E-state index in [1.54, 1.807) is 11.3 Å². The molecule has 1 rings (SSSR count). The maximum atomic E-state index is 6.11. The van der Waals surface area contributed by atoms with Crippen LogP contribution in [0.1, 0.15) is 31.6 Å². The molecule has 1 unspecified atom stereocenters. The minimum Gasteiger partial charge on any atom is -0.324 e. The third-order valence-electron chi connectivity index (χ3n) is 2.28. The summed E-state index contributed by atoms with van der Waals surface area (Å²) in [6, 6.07) is 3.98. The van der Waals surface area contributed by atoms with Gasteiger partial charge >= 0.3 is 0 Å². The molecule has 0 radical (unpaired) electrons. The molecule has 1 aromatic rings. The first-order valence-corrected chi connectivity index (χ1v) is 6.47. The summed E-state index contributed by atoms with van der Waals surface area (Å²) in [5.41, 5.74) is 6.01. The predicted molar refractivity (Wildman–Crippen MR) is 68.5 cm³/mol. The van der Waals surface area contributed by atoms with E-state index in [2.05, 4.69) is 19.2 Å². The molecule has 15 heavy (non-hydrogen) atoms. The van der Waals surface area contributed by atoms with Crippen molar-refractivity contribution in [1.82, 2.24) is 5.32 Å². The van der Waals surface area contributed by atoms with E-state index in [1.807, 2.05) is 12.1 Å². The van der Waals surface area contributed by atoms with Gasteiger partial charge in [0.15, 0.2) is 0 Å². The summed E-state index contributed by atoms with van der Waals surface area (Å²) in [6.07, 6.45) is 2.17. The van der Waals surface area contributed by atoms with Crippen LogP contribution >= 0.6 is 22.9 Å². The van der Waals surface area contributed by atoms with E-state index in [4.69, 9.17) is 17.3 Å². The average Bonchev–Trinajstić information content (AvgIpc) is 2.51. The third-order valence-corrected chi connectivity index (χ3v) is 3.51. The Morgan fingerprint density at radius 3 is 2.80 bits per heavy atom. The topological polar surface area (TPSA) is 38.0 Å². The smallest absolute Gasteiger partial charge is 0.0931 e. The molecular weight excluding hydrogens is 228 g/mol. The number of rotatable bonds is 6. The van der Waals surface area contributed by atoms with Crippen molar-refractivity contribution in [2.24, 2.45) is 5.73 Å². The molecule has 1 atom stereocenters. The molecule has 1 heterocycles. The van der Waals surface area contributed by atoms with Crippen molar-refractivity contribution in [3.8, 4) is 0 Å². The SMILES string of the molecule is CCCC(C)(N)CNCc1ccc(Cl)s1. The molecule has 3 N–H and O–H groups in total. The molecule has 0 saturated heterocycles. The molecule has 0 bridgehead atoms. The van der Waals surface area contributed by atoms with Gasteiger partial charge in [-0.2, -0.15) is 0 Å². The molecule has 86 valence electrons. The van der Waals surface area contributed by atoms with Gasteiger partial charge in [0.25, 0.3) is 0 Å². The van der Waals surface area contributed by atoms with Crippen molar-refractivity contribution in [1.29, 1.82) is 0 Å². The van der Waals surface area contributed by atoms with E-state index in [0.29, 0.717) is 0 Å². The van der Waals surface area contributed by atoms with Gasteiger partial charge in [-0.15, -0.1) is 11.3 Å². The lowest BCUT2D eigenvalue weighted by Crippen LogP contribution is -2.45. The molecule has 4 heteroatoms. The van der Waals surface area contributed by atoms with Crippen LogP contribution in [-0.4, -0.2) is 12.1 Å². The van der Waals surface area contributed by atoms with Crippen LogP contribution in [0.25, 0.3) is 0 Å². The average molecular weight is 247 g/mol. The van der Waals surface area contributed by atoms with E-state index >= 15 is 0 Å². The Labute approximate surface area is 101 Å².